The van der Waals surface area contributed by atoms with Crippen molar-refractivity contribution in [3.05, 3.63) is 0 Å². The molecule has 1 atom stereocenters. The Morgan fingerprint density at radius 3 is 2.28 bits per heavy atom. The molecule has 2 amide bonds. The lowest BCUT2D eigenvalue weighted by atomic mass is 9.79. The number of carbonyl (C=O) groups excluding carboxylic acids is 2. The highest BCUT2D eigenvalue weighted by atomic mass is 35.5. The SMILES string of the molecule is CC(C)[C@H](N)C(=O)NCC(=O)NCC1(N2CCOC(C)(C)C2)CCCCC1.Cl.Cl. The average Bonchev–Trinajstić information content (AvgIpc) is 2.63. The standard InChI is InChI=1S/C20H38N4O3.2ClH/c1-15(2)17(21)18(26)22-12-16(25)23-13-20(8-6-5-7-9-20)24-10-11-27-19(3,4)14-24;;/h15,17H,5-14,21H2,1-4H3,(H,22,26)(H,23,25);2*1H/t17-;;/m0../s1. The Balaban J connectivity index is 0.00000392. The maximum Gasteiger partial charge on any atom is 0.239 e. The second kappa shape index (κ2) is 12.3. The molecule has 29 heavy (non-hydrogen) atoms. The highest BCUT2D eigenvalue weighted by Crippen LogP contribution is 2.35. The molecule has 2 aliphatic rings. The van der Waals surface area contributed by atoms with Crippen LogP contribution in [0.5, 0.6) is 0 Å². The number of hydrogen-bond donors (Lipinski definition) is 3. The summed E-state index contributed by atoms with van der Waals surface area (Å²) in [7, 11) is 0. The Labute approximate surface area is 188 Å². The lowest BCUT2D eigenvalue weighted by molar-refractivity contribution is -0.131. The molecule has 0 unspecified atom stereocenters. The normalized spacial score (nSPS) is 22.0. The van der Waals surface area contributed by atoms with Gasteiger partial charge in [0.25, 0.3) is 0 Å². The van der Waals surface area contributed by atoms with Crippen molar-refractivity contribution in [3.63, 3.8) is 0 Å². The number of amides is 2. The molecule has 0 bridgehead atoms. The van der Waals surface area contributed by atoms with Gasteiger partial charge in [-0.05, 0) is 32.6 Å². The minimum Gasteiger partial charge on any atom is -0.373 e. The molecular formula is C20H40Cl2N4O3. The van der Waals surface area contributed by atoms with Crippen LogP contribution in [0.2, 0.25) is 0 Å². The summed E-state index contributed by atoms with van der Waals surface area (Å²) in [5, 5.41) is 5.71. The van der Waals surface area contributed by atoms with Crippen molar-refractivity contribution < 1.29 is 14.3 Å². The van der Waals surface area contributed by atoms with Crippen LogP contribution in [0, 0.1) is 5.92 Å². The van der Waals surface area contributed by atoms with Crippen molar-refractivity contribution in [1.29, 1.82) is 0 Å². The van der Waals surface area contributed by atoms with Crippen LogP contribution in [-0.2, 0) is 14.3 Å². The zero-order valence-electron chi connectivity index (χ0n) is 18.3. The van der Waals surface area contributed by atoms with E-state index in [0.717, 1.165) is 32.5 Å². The summed E-state index contributed by atoms with van der Waals surface area (Å²) in [6, 6.07) is -0.585. The fourth-order valence-electron chi connectivity index (χ4n) is 4.15. The third kappa shape index (κ3) is 8.21. The third-order valence-corrected chi connectivity index (χ3v) is 5.94. The predicted octanol–water partition coefficient (Wildman–Crippen LogP) is 1.86. The summed E-state index contributed by atoms with van der Waals surface area (Å²) in [4.78, 5) is 26.8. The molecular weight excluding hydrogens is 415 g/mol. The Morgan fingerprint density at radius 2 is 1.72 bits per heavy atom. The van der Waals surface area contributed by atoms with Crippen LogP contribution in [0.4, 0.5) is 0 Å². The molecule has 0 spiro atoms. The topological polar surface area (TPSA) is 96.7 Å². The van der Waals surface area contributed by atoms with Crippen molar-refractivity contribution >= 4 is 36.6 Å². The van der Waals surface area contributed by atoms with Gasteiger partial charge >= 0.3 is 0 Å². The molecule has 1 saturated heterocycles. The largest absolute Gasteiger partial charge is 0.373 e. The van der Waals surface area contributed by atoms with Crippen molar-refractivity contribution in [2.24, 2.45) is 11.7 Å². The van der Waals surface area contributed by atoms with Gasteiger partial charge in [0.1, 0.15) is 0 Å². The maximum absolute atomic E-state index is 12.3. The molecule has 7 nitrogen and oxygen atoms in total. The first-order chi connectivity index (χ1) is 12.7. The van der Waals surface area contributed by atoms with E-state index in [1.807, 2.05) is 13.8 Å². The van der Waals surface area contributed by atoms with E-state index in [0.29, 0.717) is 6.54 Å². The Morgan fingerprint density at radius 1 is 1.10 bits per heavy atom. The molecule has 9 heteroatoms. The number of morpholine rings is 1. The van der Waals surface area contributed by atoms with Crippen LogP contribution in [0.3, 0.4) is 0 Å². The number of nitrogens with one attached hydrogen (secondary N) is 2. The van der Waals surface area contributed by atoms with E-state index in [-0.39, 0.29) is 60.2 Å². The lowest BCUT2D eigenvalue weighted by Crippen LogP contribution is -2.63. The van der Waals surface area contributed by atoms with Gasteiger partial charge in [-0.1, -0.05) is 33.1 Å². The monoisotopic (exact) mass is 454 g/mol. The first-order valence-corrected chi connectivity index (χ1v) is 10.3. The zero-order chi connectivity index (χ0) is 20.1. The average molecular weight is 455 g/mol. The van der Waals surface area contributed by atoms with Gasteiger partial charge in [0.2, 0.25) is 11.8 Å². The highest BCUT2D eigenvalue weighted by molar-refractivity contribution is 5.87. The number of hydrogen-bond acceptors (Lipinski definition) is 5. The Bertz CT molecular complexity index is 526. The summed E-state index contributed by atoms with van der Waals surface area (Å²) in [5.41, 5.74) is 5.65. The van der Waals surface area contributed by atoms with E-state index in [1.54, 1.807) is 0 Å². The number of carbonyl (C=O) groups is 2. The van der Waals surface area contributed by atoms with E-state index in [2.05, 4.69) is 29.4 Å². The van der Waals surface area contributed by atoms with Gasteiger partial charge in [-0.3, -0.25) is 14.5 Å². The molecule has 2 rings (SSSR count). The summed E-state index contributed by atoms with van der Waals surface area (Å²) in [6.45, 7) is 11.1. The lowest BCUT2D eigenvalue weighted by Gasteiger charge is -2.51. The summed E-state index contributed by atoms with van der Waals surface area (Å²) in [5.74, 6) is -0.387. The molecule has 4 N–H and O–H groups in total. The van der Waals surface area contributed by atoms with E-state index >= 15 is 0 Å². The molecule has 0 aromatic rings. The molecule has 1 heterocycles. The minimum absolute atomic E-state index is 0. The molecule has 0 aromatic carbocycles. The van der Waals surface area contributed by atoms with Crippen molar-refractivity contribution in [3.8, 4) is 0 Å². The van der Waals surface area contributed by atoms with Gasteiger partial charge in [0.05, 0.1) is 24.8 Å². The van der Waals surface area contributed by atoms with Gasteiger partial charge in [-0.2, -0.15) is 0 Å². The number of rotatable bonds is 7. The van der Waals surface area contributed by atoms with Gasteiger partial charge in [0.15, 0.2) is 0 Å². The fourth-order valence-corrected chi connectivity index (χ4v) is 4.15. The van der Waals surface area contributed by atoms with Crippen LogP contribution >= 0.6 is 24.8 Å². The van der Waals surface area contributed by atoms with Crippen LogP contribution in [0.1, 0.15) is 59.8 Å². The minimum atomic E-state index is -0.585. The number of nitrogens with zero attached hydrogens (tertiary/aromatic N) is 1. The zero-order valence-corrected chi connectivity index (χ0v) is 19.9. The summed E-state index contributed by atoms with van der Waals surface area (Å²) >= 11 is 0. The fraction of sp³-hybridized carbons (Fsp3) is 0.900. The van der Waals surface area contributed by atoms with Crippen LogP contribution < -0.4 is 16.4 Å². The van der Waals surface area contributed by atoms with E-state index < -0.39 is 6.04 Å². The van der Waals surface area contributed by atoms with Gasteiger partial charge in [-0.25, -0.2) is 0 Å². The van der Waals surface area contributed by atoms with Crippen LogP contribution in [-0.4, -0.2) is 66.7 Å². The molecule has 2 fully saturated rings. The molecule has 0 radical (unpaired) electrons. The van der Waals surface area contributed by atoms with Crippen molar-refractivity contribution in [2.75, 3.05) is 32.8 Å². The second-order valence-electron chi connectivity index (χ2n) is 9.08. The summed E-state index contributed by atoms with van der Waals surface area (Å²) < 4.78 is 5.88. The summed E-state index contributed by atoms with van der Waals surface area (Å²) in [6.07, 6.45) is 5.82. The number of ether oxygens (including phenoxy) is 1. The smallest absolute Gasteiger partial charge is 0.239 e. The first-order valence-electron chi connectivity index (χ1n) is 10.3. The van der Waals surface area contributed by atoms with Crippen LogP contribution in [0.25, 0.3) is 0 Å². The predicted molar refractivity (Wildman–Crippen MR) is 121 cm³/mol. The highest BCUT2D eigenvalue weighted by Gasteiger charge is 2.42. The maximum atomic E-state index is 12.3. The third-order valence-electron chi connectivity index (χ3n) is 5.94. The molecule has 0 aromatic heterocycles. The van der Waals surface area contributed by atoms with Crippen LogP contribution in [0.15, 0.2) is 0 Å². The van der Waals surface area contributed by atoms with E-state index in [9.17, 15) is 9.59 Å². The molecule has 1 aliphatic carbocycles. The number of halogens is 2. The van der Waals surface area contributed by atoms with E-state index in [1.165, 1.54) is 19.3 Å². The van der Waals surface area contributed by atoms with E-state index in [4.69, 9.17) is 10.5 Å². The van der Waals surface area contributed by atoms with Gasteiger partial charge < -0.3 is 21.1 Å². The van der Waals surface area contributed by atoms with Gasteiger partial charge in [-0.15, -0.1) is 24.8 Å². The van der Waals surface area contributed by atoms with Crippen molar-refractivity contribution in [1.82, 2.24) is 15.5 Å². The van der Waals surface area contributed by atoms with Crippen molar-refractivity contribution in [2.45, 2.75) is 77.0 Å². The molecule has 1 aliphatic heterocycles. The Kier molecular flexibility index (Phi) is 12.0. The molecule has 1 saturated carbocycles. The second-order valence-corrected chi connectivity index (χ2v) is 9.08. The Hall–Kier alpha value is -0.600. The van der Waals surface area contributed by atoms with Gasteiger partial charge in [0, 0.05) is 25.2 Å². The quantitative estimate of drug-likeness (QED) is 0.545. The number of nitrogens with two attached hydrogens (primary N) is 1. The first kappa shape index (κ1) is 28.4. The molecule has 172 valence electrons.